The van der Waals surface area contributed by atoms with Gasteiger partial charge in [-0.1, -0.05) is 13.3 Å². The summed E-state index contributed by atoms with van der Waals surface area (Å²) in [7, 11) is 3.47. The maximum atomic E-state index is 5.53. The van der Waals surface area contributed by atoms with Gasteiger partial charge in [-0.15, -0.1) is 0 Å². The van der Waals surface area contributed by atoms with Crippen LogP contribution in [0.3, 0.4) is 0 Å². The molecule has 1 aliphatic rings. The molecule has 0 amide bonds. The van der Waals surface area contributed by atoms with Crippen LogP contribution in [-0.4, -0.2) is 27.3 Å². The summed E-state index contributed by atoms with van der Waals surface area (Å²) in [5, 5.41) is 3.48. The molecule has 1 fully saturated rings. The molecule has 0 bridgehead atoms. The third kappa shape index (κ3) is 3.21. The summed E-state index contributed by atoms with van der Waals surface area (Å²) in [6.45, 7) is 4.30. The highest BCUT2D eigenvalue weighted by molar-refractivity contribution is 5.43. The van der Waals surface area contributed by atoms with E-state index in [1.54, 1.807) is 14.2 Å². The molecule has 0 saturated heterocycles. The molecule has 19 heavy (non-hydrogen) atoms. The van der Waals surface area contributed by atoms with Crippen molar-refractivity contribution in [2.45, 2.75) is 32.1 Å². The van der Waals surface area contributed by atoms with E-state index >= 15 is 0 Å². The molecule has 0 spiro atoms. The fraction of sp³-hybridized carbons (Fsp3) is 0.625. The van der Waals surface area contributed by atoms with Gasteiger partial charge in [-0.2, -0.15) is 0 Å². The summed E-state index contributed by atoms with van der Waals surface area (Å²) in [4.78, 5) is 0. The van der Waals surface area contributed by atoms with Gasteiger partial charge in [0.15, 0.2) is 0 Å². The Balaban J connectivity index is 2.23. The first-order valence-electron chi connectivity index (χ1n) is 7.22. The number of nitrogens with one attached hydrogen (secondary N) is 1. The van der Waals surface area contributed by atoms with E-state index in [0.29, 0.717) is 11.8 Å². The summed E-state index contributed by atoms with van der Waals surface area (Å²) in [6, 6.07) is 6.14. The lowest BCUT2D eigenvalue weighted by molar-refractivity contribution is 0.382. The smallest absolute Gasteiger partial charge is 0.122 e. The average molecular weight is 263 g/mol. The molecule has 1 aromatic rings. The monoisotopic (exact) mass is 263 g/mol. The molecule has 0 radical (unpaired) electrons. The lowest BCUT2D eigenvalue weighted by Gasteiger charge is -2.22. The van der Waals surface area contributed by atoms with Gasteiger partial charge in [0.2, 0.25) is 0 Å². The number of rotatable bonds is 6. The second kappa shape index (κ2) is 6.80. The maximum absolute atomic E-state index is 5.53. The van der Waals surface area contributed by atoms with Crippen molar-refractivity contribution >= 4 is 0 Å². The van der Waals surface area contributed by atoms with Crippen LogP contribution in [0.15, 0.2) is 18.2 Å². The van der Waals surface area contributed by atoms with Crippen molar-refractivity contribution in [1.29, 1.82) is 0 Å². The number of benzene rings is 1. The molecule has 1 aliphatic carbocycles. The lowest BCUT2D eigenvalue weighted by atomic mass is 9.88. The highest BCUT2D eigenvalue weighted by Crippen LogP contribution is 2.43. The van der Waals surface area contributed by atoms with Gasteiger partial charge < -0.3 is 14.8 Å². The Morgan fingerprint density at radius 2 is 2.05 bits per heavy atom. The summed E-state index contributed by atoms with van der Waals surface area (Å²) < 4.78 is 10.9. The van der Waals surface area contributed by atoms with Crippen LogP contribution in [0.1, 0.15) is 37.7 Å². The van der Waals surface area contributed by atoms with Crippen molar-refractivity contribution in [3.63, 3.8) is 0 Å². The summed E-state index contributed by atoms with van der Waals surface area (Å²) in [5.41, 5.74) is 1.31. The highest BCUT2D eigenvalue weighted by atomic mass is 16.5. The number of methoxy groups -OCH3 is 2. The number of ether oxygens (including phenoxy) is 2. The molecule has 2 unspecified atom stereocenters. The average Bonchev–Trinajstić information content (AvgIpc) is 2.92. The summed E-state index contributed by atoms with van der Waals surface area (Å²) in [5.74, 6) is 3.21. The van der Waals surface area contributed by atoms with Gasteiger partial charge in [-0.25, -0.2) is 0 Å². The molecule has 1 saturated carbocycles. The standard InChI is InChI=1S/C16H25NO2/c1-4-17-11-12-6-5-7-14(12)15-10-13(18-2)8-9-16(15)19-3/h8-10,12,14,17H,4-7,11H2,1-3H3. The van der Waals surface area contributed by atoms with E-state index in [1.807, 2.05) is 12.1 Å². The quantitative estimate of drug-likeness (QED) is 0.855. The predicted molar refractivity (Wildman–Crippen MR) is 78.2 cm³/mol. The van der Waals surface area contributed by atoms with Gasteiger partial charge in [0.25, 0.3) is 0 Å². The molecular weight excluding hydrogens is 238 g/mol. The fourth-order valence-corrected chi connectivity index (χ4v) is 3.15. The second-order valence-corrected chi connectivity index (χ2v) is 5.21. The van der Waals surface area contributed by atoms with Gasteiger partial charge in [-0.05, 0) is 56.0 Å². The van der Waals surface area contributed by atoms with Crippen molar-refractivity contribution in [2.24, 2.45) is 5.92 Å². The minimum absolute atomic E-state index is 0.587. The zero-order valence-corrected chi connectivity index (χ0v) is 12.2. The summed E-state index contributed by atoms with van der Waals surface area (Å²) >= 11 is 0. The fourth-order valence-electron chi connectivity index (χ4n) is 3.15. The van der Waals surface area contributed by atoms with Crippen molar-refractivity contribution in [1.82, 2.24) is 5.32 Å². The van der Waals surface area contributed by atoms with Crippen LogP contribution < -0.4 is 14.8 Å². The Hall–Kier alpha value is -1.22. The Morgan fingerprint density at radius 1 is 1.21 bits per heavy atom. The maximum Gasteiger partial charge on any atom is 0.122 e. The van der Waals surface area contributed by atoms with E-state index in [9.17, 15) is 0 Å². The zero-order chi connectivity index (χ0) is 13.7. The van der Waals surface area contributed by atoms with Gasteiger partial charge in [0, 0.05) is 5.56 Å². The van der Waals surface area contributed by atoms with E-state index in [1.165, 1.54) is 24.8 Å². The largest absolute Gasteiger partial charge is 0.497 e. The topological polar surface area (TPSA) is 30.5 Å². The molecular formula is C16H25NO2. The number of hydrogen-bond donors (Lipinski definition) is 1. The predicted octanol–water partition coefficient (Wildman–Crippen LogP) is 3.20. The van der Waals surface area contributed by atoms with E-state index < -0.39 is 0 Å². The van der Waals surface area contributed by atoms with Gasteiger partial charge in [-0.3, -0.25) is 0 Å². The van der Waals surface area contributed by atoms with Gasteiger partial charge in [0.05, 0.1) is 14.2 Å². The second-order valence-electron chi connectivity index (χ2n) is 5.21. The SMILES string of the molecule is CCNCC1CCCC1c1cc(OC)ccc1OC. The van der Waals surface area contributed by atoms with Crippen molar-refractivity contribution in [3.8, 4) is 11.5 Å². The first-order valence-corrected chi connectivity index (χ1v) is 7.22. The van der Waals surface area contributed by atoms with E-state index in [2.05, 4.69) is 18.3 Å². The highest BCUT2D eigenvalue weighted by Gasteiger charge is 2.30. The Kier molecular flexibility index (Phi) is 5.08. The minimum atomic E-state index is 0.587. The minimum Gasteiger partial charge on any atom is -0.497 e. The Labute approximate surface area is 116 Å². The van der Waals surface area contributed by atoms with Crippen LogP contribution in [0.5, 0.6) is 11.5 Å². The van der Waals surface area contributed by atoms with Crippen LogP contribution in [0, 0.1) is 5.92 Å². The Morgan fingerprint density at radius 3 is 2.74 bits per heavy atom. The molecule has 0 aliphatic heterocycles. The van der Waals surface area contributed by atoms with Crippen LogP contribution in [0.4, 0.5) is 0 Å². The number of hydrogen-bond acceptors (Lipinski definition) is 3. The van der Waals surface area contributed by atoms with E-state index in [-0.39, 0.29) is 0 Å². The van der Waals surface area contributed by atoms with Crippen molar-refractivity contribution in [3.05, 3.63) is 23.8 Å². The van der Waals surface area contributed by atoms with Gasteiger partial charge >= 0.3 is 0 Å². The van der Waals surface area contributed by atoms with Crippen LogP contribution in [0.2, 0.25) is 0 Å². The van der Waals surface area contributed by atoms with Crippen molar-refractivity contribution in [2.75, 3.05) is 27.3 Å². The molecule has 0 heterocycles. The molecule has 3 heteroatoms. The van der Waals surface area contributed by atoms with E-state index in [4.69, 9.17) is 9.47 Å². The first kappa shape index (κ1) is 14.2. The Bertz CT molecular complexity index is 406. The molecule has 2 rings (SSSR count). The van der Waals surface area contributed by atoms with Crippen LogP contribution in [0.25, 0.3) is 0 Å². The molecule has 1 N–H and O–H groups in total. The molecule has 2 atom stereocenters. The molecule has 1 aromatic carbocycles. The molecule has 3 nitrogen and oxygen atoms in total. The van der Waals surface area contributed by atoms with Crippen LogP contribution in [-0.2, 0) is 0 Å². The zero-order valence-electron chi connectivity index (χ0n) is 12.2. The summed E-state index contributed by atoms with van der Waals surface area (Å²) in [6.07, 6.45) is 3.86. The molecule has 106 valence electrons. The van der Waals surface area contributed by atoms with E-state index in [0.717, 1.165) is 24.6 Å². The van der Waals surface area contributed by atoms with Gasteiger partial charge in [0.1, 0.15) is 11.5 Å². The first-order chi connectivity index (χ1) is 9.30. The van der Waals surface area contributed by atoms with Crippen LogP contribution >= 0.6 is 0 Å². The third-order valence-electron chi connectivity index (χ3n) is 4.15. The lowest BCUT2D eigenvalue weighted by Crippen LogP contribution is -2.24. The molecule has 0 aromatic heterocycles. The normalized spacial score (nSPS) is 22.5. The third-order valence-corrected chi connectivity index (χ3v) is 4.15. The van der Waals surface area contributed by atoms with Crippen molar-refractivity contribution < 1.29 is 9.47 Å².